The van der Waals surface area contributed by atoms with Crippen molar-refractivity contribution in [3.63, 3.8) is 0 Å². The number of hydrogen-bond donors (Lipinski definition) is 6. The molecule has 0 aliphatic carbocycles. The first-order valence-electron chi connectivity index (χ1n) is 10.0. The smallest absolute Gasteiger partial charge is 0.315 e. The van der Waals surface area contributed by atoms with Gasteiger partial charge in [0.15, 0.2) is 0 Å². The topological polar surface area (TPSA) is 155 Å². The van der Waals surface area contributed by atoms with Crippen LogP contribution in [0.3, 0.4) is 0 Å². The molecule has 0 rings (SSSR count). The zero-order valence-electron chi connectivity index (χ0n) is 18.5. The molecule has 11 nitrogen and oxygen atoms in total. The maximum absolute atomic E-state index is 11.8. The van der Waals surface area contributed by atoms with E-state index in [9.17, 15) is 29.4 Å². The Kier molecular flexibility index (Phi) is 18.0. The first kappa shape index (κ1) is 33.2. The summed E-state index contributed by atoms with van der Waals surface area (Å²) in [6.07, 6.45) is 0.0303. The van der Waals surface area contributed by atoms with E-state index in [4.69, 9.17) is 23.7 Å². The minimum absolute atomic E-state index is 0.0303. The molecule has 0 aromatic carbocycles. The van der Waals surface area contributed by atoms with Crippen LogP contribution in [0.25, 0.3) is 0 Å². The minimum Gasteiger partial charge on any atom is -0.465 e. The molecule has 2 N–H and O–H groups in total. The highest BCUT2D eigenvalue weighted by Gasteiger charge is 2.38. The van der Waals surface area contributed by atoms with Gasteiger partial charge in [0.25, 0.3) is 0 Å². The van der Waals surface area contributed by atoms with E-state index in [1.165, 1.54) is 0 Å². The van der Waals surface area contributed by atoms with E-state index in [-0.39, 0.29) is 69.1 Å². The van der Waals surface area contributed by atoms with Crippen LogP contribution in [0.15, 0.2) is 0 Å². The van der Waals surface area contributed by atoms with Gasteiger partial charge in [-0.3, -0.25) is 19.2 Å². The third kappa shape index (κ3) is 13.3. The van der Waals surface area contributed by atoms with E-state index in [1.807, 2.05) is 0 Å². The summed E-state index contributed by atoms with van der Waals surface area (Å²) in [6.45, 7) is -3.18. The van der Waals surface area contributed by atoms with Crippen molar-refractivity contribution >= 4 is 74.4 Å². The average Bonchev–Trinajstić information content (AvgIpc) is 2.86. The molecule has 0 amide bonds. The minimum atomic E-state index is -1.34. The summed E-state index contributed by atoms with van der Waals surface area (Å²) in [5, 5.41) is 20.0. The van der Waals surface area contributed by atoms with E-state index >= 15 is 0 Å². The molecule has 0 aliphatic rings. The number of ether oxygens (including phenoxy) is 5. The van der Waals surface area contributed by atoms with Crippen molar-refractivity contribution in [2.24, 2.45) is 10.8 Å². The van der Waals surface area contributed by atoms with Crippen LogP contribution in [-0.4, -0.2) is 110 Å². The molecule has 0 radical (unpaired) electrons. The van der Waals surface area contributed by atoms with Crippen molar-refractivity contribution in [3.8, 4) is 0 Å². The summed E-state index contributed by atoms with van der Waals surface area (Å²) in [4.78, 5) is 46.4. The van der Waals surface area contributed by atoms with Gasteiger partial charge in [0.1, 0.15) is 26.4 Å². The molecule has 198 valence electrons. The fraction of sp³-hybridized carbons (Fsp3) is 0.789. The van der Waals surface area contributed by atoms with Crippen LogP contribution in [0.1, 0.15) is 6.42 Å². The normalized spacial score (nSPS) is 13.0. The van der Waals surface area contributed by atoms with Crippen molar-refractivity contribution in [1.29, 1.82) is 0 Å². The highest BCUT2D eigenvalue weighted by molar-refractivity contribution is 7.81. The third-order valence-electron chi connectivity index (χ3n) is 4.35. The Hall–Kier alpha value is -0.840. The van der Waals surface area contributed by atoms with Gasteiger partial charge in [-0.1, -0.05) is 0 Å². The van der Waals surface area contributed by atoms with Crippen LogP contribution in [0.4, 0.5) is 0 Å². The summed E-state index contributed by atoms with van der Waals surface area (Å²) in [5.41, 5.74) is -2.68. The first-order valence-corrected chi connectivity index (χ1v) is 12.5. The molecule has 15 heteroatoms. The molecule has 0 fully saturated rings. The molecule has 1 unspecified atom stereocenters. The van der Waals surface area contributed by atoms with Gasteiger partial charge in [0.2, 0.25) is 0 Å². The Morgan fingerprint density at radius 3 is 1.15 bits per heavy atom. The Balaban J connectivity index is 5.45. The molecule has 0 saturated carbocycles. The van der Waals surface area contributed by atoms with Crippen LogP contribution in [0, 0.1) is 10.8 Å². The van der Waals surface area contributed by atoms with Gasteiger partial charge in [0.05, 0.1) is 60.9 Å². The molecule has 34 heavy (non-hydrogen) atoms. The SMILES string of the molecule is O=C(CS)OCC(CO)(COCC(CO)(COC(=O)CS)COC(=O)CCS)COC(=O)CS. The number of thiol groups is 4. The molecule has 1 atom stereocenters. The van der Waals surface area contributed by atoms with Crippen molar-refractivity contribution < 1.29 is 53.1 Å². The summed E-state index contributed by atoms with van der Waals surface area (Å²) < 4.78 is 26.0. The summed E-state index contributed by atoms with van der Waals surface area (Å²) in [6, 6.07) is 0. The number of carbonyl (C=O) groups is 4. The lowest BCUT2D eigenvalue weighted by Gasteiger charge is -2.34. The average molecular weight is 565 g/mol. The lowest BCUT2D eigenvalue weighted by molar-refractivity contribution is -0.165. The zero-order valence-corrected chi connectivity index (χ0v) is 22.1. The van der Waals surface area contributed by atoms with Crippen LogP contribution >= 0.6 is 50.5 Å². The van der Waals surface area contributed by atoms with Crippen LogP contribution in [-0.2, 0) is 42.9 Å². The third-order valence-corrected chi connectivity index (χ3v) is 5.35. The summed E-state index contributed by atoms with van der Waals surface area (Å²) >= 11 is 15.4. The molecule has 0 saturated heterocycles. The lowest BCUT2D eigenvalue weighted by Crippen LogP contribution is -2.46. The molecule has 0 aromatic heterocycles. The Morgan fingerprint density at radius 2 is 0.882 bits per heavy atom. The standard InChI is InChI=1S/C19H32O11S4/c20-6-18(11-28-15(23)3-32,10-27-14(22)1-2-31)8-26-9-19(7-21,12-29-16(24)4-33)13-30-17(25)5-34/h20-21,31-34H,1-13H2. The second-order valence-corrected chi connectivity index (χ2v) is 8.80. The number of hydrogen-bond acceptors (Lipinski definition) is 15. The van der Waals surface area contributed by atoms with Crippen LogP contribution in [0.5, 0.6) is 0 Å². The Labute approximate surface area is 220 Å². The monoisotopic (exact) mass is 564 g/mol. The Bertz CT molecular complexity index is 630. The lowest BCUT2D eigenvalue weighted by atomic mass is 9.90. The predicted molar refractivity (Wildman–Crippen MR) is 134 cm³/mol. The van der Waals surface area contributed by atoms with Crippen LogP contribution < -0.4 is 0 Å². The van der Waals surface area contributed by atoms with Gasteiger partial charge in [-0.2, -0.15) is 50.5 Å². The fourth-order valence-corrected chi connectivity index (χ4v) is 2.70. The fourth-order valence-electron chi connectivity index (χ4n) is 2.24. The zero-order chi connectivity index (χ0) is 26.0. The first-order chi connectivity index (χ1) is 16.1. The van der Waals surface area contributed by atoms with Gasteiger partial charge >= 0.3 is 23.9 Å². The second-order valence-electron chi connectivity index (χ2n) is 7.40. The van der Waals surface area contributed by atoms with E-state index in [1.54, 1.807) is 0 Å². The number of carbonyl (C=O) groups excluding carboxylic acids is 4. The van der Waals surface area contributed by atoms with Gasteiger partial charge in [-0.15, -0.1) is 0 Å². The van der Waals surface area contributed by atoms with Gasteiger partial charge < -0.3 is 33.9 Å². The van der Waals surface area contributed by atoms with Crippen molar-refractivity contribution in [3.05, 3.63) is 0 Å². The van der Waals surface area contributed by atoms with Gasteiger partial charge in [-0.25, -0.2) is 0 Å². The van der Waals surface area contributed by atoms with Crippen molar-refractivity contribution in [1.82, 2.24) is 0 Å². The number of rotatable bonds is 19. The van der Waals surface area contributed by atoms with Crippen molar-refractivity contribution in [2.75, 3.05) is 75.9 Å². The maximum atomic E-state index is 11.8. The molecule has 0 spiro atoms. The van der Waals surface area contributed by atoms with Gasteiger partial charge in [0, 0.05) is 5.75 Å². The highest BCUT2D eigenvalue weighted by Crippen LogP contribution is 2.24. The quantitative estimate of drug-likeness (QED) is 0.0667. The predicted octanol–water partition coefficient (Wildman–Crippen LogP) is -0.758. The number of aliphatic hydroxyl groups is 2. The van der Waals surface area contributed by atoms with E-state index in [2.05, 4.69) is 50.5 Å². The molecule has 0 heterocycles. The molecule has 0 aromatic rings. The Morgan fingerprint density at radius 1 is 0.559 bits per heavy atom. The molecular weight excluding hydrogens is 532 g/mol. The number of aliphatic hydroxyl groups excluding tert-OH is 2. The van der Waals surface area contributed by atoms with Gasteiger partial charge in [-0.05, 0) is 0 Å². The van der Waals surface area contributed by atoms with E-state index in [0.29, 0.717) is 0 Å². The highest BCUT2D eigenvalue weighted by atomic mass is 32.1. The summed E-state index contributed by atoms with van der Waals surface area (Å²) in [7, 11) is 0. The van der Waals surface area contributed by atoms with E-state index in [0.717, 1.165) is 0 Å². The summed E-state index contributed by atoms with van der Waals surface area (Å²) in [5.74, 6) is -2.93. The molecular formula is C19H32O11S4. The van der Waals surface area contributed by atoms with Crippen LogP contribution in [0.2, 0.25) is 0 Å². The molecule has 0 aliphatic heterocycles. The maximum Gasteiger partial charge on any atom is 0.315 e. The largest absolute Gasteiger partial charge is 0.465 e. The van der Waals surface area contributed by atoms with Crippen molar-refractivity contribution in [2.45, 2.75) is 6.42 Å². The van der Waals surface area contributed by atoms with E-state index < -0.39 is 47.9 Å². The molecule has 0 bridgehead atoms. The number of esters is 4. The second kappa shape index (κ2) is 18.4.